The van der Waals surface area contributed by atoms with Gasteiger partial charge in [-0.25, -0.2) is 0 Å². The van der Waals surface area contributed by atoms with Gasteiger partial charge in [-0.15, -0.1) is 5.92 Å². The van der Waals surface area contributed by atoms with E-state index in [0.717, 1.165) is 24.7 Å². The van der Waals surface area contributed by atoms with Crippen LogP contribution in [0.4, 0.5) is 0 Å². The van der Waals surface area contributed by atoms with Crippen molar-refractivity contribution in [3.05, 3.63) is 0 Å². The van der Waals surface area contributed by atoms with Crippen LogP contribution in [0.1, 0.15) is 46.5 Å². The summed E-state index contributed by atoms with van der Waals surface area (Å²) in [5.41, 5.74) is 0. The topological polar surface area (TPSA) is 20.2 Å². The molecule has 1 aliphatic carbocycles. The van der Waals surface area contributed by atoms with Crippen LogP contribution in [-0.2, 0) is 0 Å². The SMILES string of the molecule is CC#CC(O)C1CCC(C(C)C)CC1. The summed E-state index contributed by atoms with van der Waals surface area (Å²) >= 11 is 0. The van der Waals surface area contributed by atoms with E-state index in [0.29, 0.717) is 5.92 Å². The third kappa shape index (κ3) is 3.03. The zero-order chi connectivity index (χ0) is 10.6. The summed E-state index contributed by atoms with van der Waals surface area (Å²) in [5, 5.41) is 9.73. The third-order valence-electron chi connectivity index (χ3n) is 3.50. The second kappa shape index (κ2) is 5.41. The molecule has 1 fully saturated rings. The average molecular weight is 194 g/mol. The van der Waals surface area contributed by atoms with Gasteiger partial charge in [-0.2, -0.15) is 0 Å². The zero-order valence-electron chi connectivity index (χ0n) is 9.59. The number of rotatable bonds is 2. The van der Waals surface area contributed by atoms with Crippen molar-refractivity contribution >= 4 is 0 Å². The number of aliphatic hydroxyl groups is 1. The molecular formula is C13H22O. The molecule has 1 aliphatic rings. The van der Waals surface area contributed by atoms with E-state index in [2.05, 4.69) is 25.7 Å². The average Bonchev–Trinajstić information content (AvgIpc) is 2.18. The molecule has 1 rings (SSSR count). The first-order chi connectivity index (χ1) is 6.65. The molecule has 0 aromatic rings. The molecule has 80 valence electrons. The Morgan fingerprint density at radius 3 is 2.00 bits per heavy atom. The van der Waals surface area contributed by atoms with Crippen molar-refractivity contribution in [3.63, 3.8) is 0 Å². The van der Waals surface area contributed by atoms with Gasteiger partial charge in [-0.05, 0) is 50.4 Å². The minimum absolute atomic E-state index is 0.381. The molecule has 0 aliphatic heterocycles. The second-order valence-corrected chi connectivity index (χ2v) is 4.76. The molecule has 0 spiro atoms. The minimum atomic E-state index is -0.381. The Labute approximate surface area is 87.9 Å². The smallest absolute Gasteiger partial charge is 0.117 e. The van der Waals surface area contributed by atoms with Crippen LogP contribution in [0, 0.1) is 29.6 Å². The summed E-state index contributed by atoms with van der Waals surface area (Å²) in [7, 11) is 0. The number of aliphatic hydroxyl groups excluding tert-OH is 1. The van der Waals surface area contributed by atoms with Crippen molar-refractivity contribution in [1.29, 1.82) is 0 Å². The number of hydrogen-bond acceptors (Lipinski definition) is 1. The van der Waals surface area contributed by atoms with E-state index in [4.69, 9.17) is 0 Å². The lowest BCUT2D eigenvalue weighted by atomic mass is 9.75. The molecule has 0 saturated heterocycles. The quantitative estimate of drug-likeness (QED) is 0.670. The molecule has 1 N–H and O–H groups in total. The first-order valence-corrected chi connectivity index (χ1v) is 5.75. The lowest BCUT2D eigenvalue weighted by molar-refractivity contribution is 0.107. The molecule has 0 aromatic heterocycles. The summed E-state index contributed by atoms with van der Waals surface area (Å²) in [6, 6.07) is 0. The molecule has 0 aromatic carbocycles. The predicted octanol–water partition coefficient (Wildman–Crippen LogP) is 2.83. The van der Waals surface area contributed by atoms with Crippen molar-refractivity contribution in [1.82, 2.24) is 0 Å². The molecule has 0 amide bonds. The maximum Gasteiger partial charge on any atom is 0.117 e. The molecule has 0 bridgehead atoms. The minimum Gasteiger partial charge on any atom is -0.380 e. The molecule has 1 saturated carbocycles. The largest absolute Gasteiger partial charge is 0.380 e. The van der Waals surface area contributed by atoms with Gasteiger partial charge in [0.2, 0.25) is 0 Å². The van der Waals surface area contributed by atoms with Gasteiger partial charge in [0.25, 0.3) is 0 Å². The molecule has 0 heterocycles. The molecule has 1 nitrogen and oxygen atoms in total. The van der Waals surface area contributed by atoms with E-state index in [-0.39, 0.29) is 6.10 Å². The molecular weight excluding hydrogens is 172 g/mol. The Morgan fingerprint density at radius 1 is 1.07 bits per heavy atom. The fourth-order valence-electron chi connectivity index (χ4n) is 2.39. The Hall–Kier alpha value is -0.480. The van der Waals surface area contributed by atoms with Crippen LogP contribution < -0.4 is 0 Å². The highest BCUT2D eigenvalue weighted by Gasteiger charge is 2.26. The van der Waals surface area contributed by atoms with E-state index >= 15 is 0 Å². The van der Waals surface area contributed by atoms with Gasteiger partial charge < -0.3 is 5.11 Å². The van der Waals surface area contributed by atoms with Gasteiger partial charge >= 0.3 is 0 Å². The fraction of sp³-hybridized carbons (Fsp3) is 0.846. The van der Waals surface area contributed by atoms with Crippen molar-refractivity contribution in [3.8, 4) is 11.8 Å². The molecule has 0 radical (unpaired) electrons. The van der Waals surface area contributed by atoms with Gasteiger partial charge in [0.15, 0.2) is 0 Å². The standard InChI is InChI=1S/C13H22O/c1-4-5-13(14)12-8-6-11(7-9-12)10(2)3/h10-14H,6-9H2,1-3H3. The van der Waals surface area contributed by atoms with E-state index in [1.807, 2.05) is 0 Å². The first-order valence-electron chi connectivity index (χ1n) is 5.75. The maximum atomic E-state index is 9.73. The van der Waals surface area contributed by atoms with Crippen molar-refractivity contribution in [2.24, 2.45) is 17.8 Å². The third-order valence-corrected chi connectivity index (χ3v) is 3.50. The Balaban J connectivity index is 2.37. The van der Waals surface area contributed by atoms with Crippen LogP contribution in [-0.4, -0.2) is 11.2 Å². The highest BCUT2D eigenvalue weighted by molar-refractivity contribution is 5.04. The van der Waals surface area contributed by atoms with Gasteiger partial charge in [0.05, 0.1) is 0 Å². The fourth-order valence-corrected chi connectivity index (χ4v) is 2.39. The van der Waals surface area contributed by atoms with Gasteiger partial charge in [0, 0.05) is 0 Å². The van der Waals surface area contributed by atoms with Gasteiger partial charge in [-0.3, -0.25) is 0 Å². The summed E-state index contributed by atoms with van der Waals surface area (Å²) in [4.78, 5) is 0. The Bertz CT molecular complexity index is 213. The Kier molecular flexibility index (Phi) is 4.48. The molecule has 14 heavy (non-hydrogen) atoms. The van der Waals surface area contributed by atoms with Crippen molar-refractivity contribution in [2.75, 3.05) is 0 Å². The molecule has 1 unspecified atom stereocenters. The number of hydrogen-bond donors (Lipinski definition) is 1. The van der Waals surface area contributed by atoms with Gasteiger partial charge in [0.1, 0.15) is 6.10 Å². The summed E-state index contributed by atoms with van der Waals surface area (Å²) in [5.74, 6) is 7.76. The highest BCUT2D eigenvalue weighted by Crippen LogP contribution is 2.34. The van der Waals surface area contributed by atoms with E-state index in [9.17, 15) is 5.11 Å². The summed E-state index contributed by atoms with van der Waals surface area (Å²) in [6.07, 6.45) is 4.46. The van der Waals surface area contributed by atoms with E-state index in [1.165, 1.54) is 12.8 Å². The van der Waals surface area contributed by atoms with Crippen LogP contribution in [0.5, 0.6) is 0 Å². The van der Waals surface area contributed by atoms with Crippen molar-refractivity contribution < 1.29 is 5.11 Å². The van der Waals surface area contributed by atoms with Crippen LogP contribution in [0.3, 0.4) is 0 Å². The van der Waals surface area contributed by atoms with Crippen molar-refractivity contribution in [2.45, 2.75) is 52.6 Å². The van der Waals surface area contributed by atoms with Crippen LogP contribution >= 0.6 is 0 Å². The maximum absolute atomic E-state index is 9.73. The van der Waals surface area contributed by atoms with E-state index < -0.39 is 0 Å². The zero-order valence-corrected chi connectivity index (χ0v) is 9.59. The lowest BCUT2D eigenvalue weighted by Crippen LogP contribution is -2.26. The van der Waals surface area contributed by atoms with Crippen LogP contribution in [0.15, 0.2) is 0 Å². The normalized spacial score (nSPS) is 29.5. The second-order valence-electron chi connectivity index (χ2n) is 4.76. The monoisotopic (exact) mass is 194 g/mol. The molecule has 1 atom stereocenters. The Morgan fingerprint density at radius 2 is 1.57 bits per heavy atom. The lowest BCUT2D eigenvalue weighted by Gasteiger charge is -2.31. The summed E-state index contributed by atoms with van der Waals surface area (Å²) < 4.78 is 0. The predicted molar refractivity (Wildman–Crippen MR) is 59.7 cm³/mol. The van der Waals surface area contributed by atoms with E-state index in [1.54, 1.807) is 6.92 Å². The first kappa shape index (κ1) is 11.6. The summed E-state index contributed by atoms with van der Waals surface area (Å²) in [6.45, 7) is 6.39. The van der Waals surface area contributed by atoms with Crippen LogP contribution in [0.2, 0.25) is 0 Å². The molecule has 1 heteroatoms. The van der Waals surface area contributed by atoms with Crippen LogP contribution in [0.25, 0.3) is 0 Å². The highest BCUT2D eigenvalue weighted by atomic mass is 16.3. The van der Waals surface area contributed by atoms with Gasteiger partial charge in [-0.1, -0.05) is 19.8 Å².